The number of nitrogens with two attached hydrogens (primary N) is 1. The predicted molar refractivity (Wildman–Crippen MR) is 80.4 cm³/mol. The van der Waals surface area contributed by atoms with E-state index in [1.807, 2.05) is 24.3 Å². The van der Waals surface area contributed by atoms with Crippen LogP contribution in [0.25, 0.3) is 0 Å². The van der Waals surface area contributed by atoms with Gasteiger partial charge in [-0.15, -0.1) is 11.3 Å². The molecule has 1 aromatic heterocycles. The molecule has 19 heavy (non-hydrogen) atoms. The van der Waals surface area contributed by atoms with Crippen LogP contribution in [0.5, 0.6) is 0 Å². The monoisotopic (exact) mass is 274 g/mol. The van der Waals surface area contributed by atoms with Crippen LogP contribution < -0.4 is 11.1 Å². The lowest BCUT2D eigenvalue weighted by atomic mass is 10.1. The van der Waals surface area contributed by atoms with Gasteiger partial charge >= 0.3 is 0 Å². The van der Waals surface area contributed by atoms with E-state index in [1.54, 1.807) is 11.3 Å². The molecule has 1 amide bonds. The van der Waals surface area contributed by atoms with Crippen LogP contribution in [-0.4, -0.2) is 5.91 Å². The molecule has 0 fully saturated rings. The topological polar surface area (TPSA) is 55.1 Å². The second-order valence-electron chi connectivity index (χ2n) is 4.65. The molecule has 0 saturated heterocycles. The molecule has 2 rings (SSSR count). The molecule has 1 heterocycles. The van der Waals surface area contributed by atoms with Crippen molar-refractivity contribution in [3.8, 4) is 0 Å². The van der Waals surface area contributed by atoms with Crippen LogP contribution >= 0.6 is 11.3 Å². The van der Waals surface area contributed by atoms with Gasteiger partial charge in [0.2, 0.25) is 5.91 Å². The minimum Gasteiger partial charge on any atom is -0.378 e. The van der Waals surface area contributed by atoms with Gasteiger partial charge < -0.3 is 11.1 Å². The first-order chi connectivity index (χ1) is 9.04. The Bertz CT molecular complexity index is 560. The fourth-order valence-corrected chi connectivity index (χ4v) is 2.81. The van der Waals surface area contributed by atoms with Crippen LogP contribution in [0.4, 0.5) is 5.69 Å². The summed E-state index contributed by atoms with van der Waals surface area (Å²) >= 11 is 1.80. The van der Waals surface area contributed by atoms with Crippen LogP contribution in [0.3, 0.4) is 0 Å². The highest BCUT2D eigenvalue weighted by atomic mass is 32.1. The number of carbonyl (C=O) groups excluding carboxylic acids is 1. The lowest BCUT2D eigenvalue weighted by Gasteiger charge is -2.14. The Balaban J connectivity index is 2.01. The van der Waals surface area contributed by atoms with E-state index >= 15 is 0 Å². The third-order valence-electron chi connectivity index (χ3n) is 2.90. The van der Waals surface area contributed by atoms with Crippen LogP contribution in [0.2, 0.25) is 0 Å². The van der Waals surface area contributed by atoms with Crippen LogP contribution in [-0.2, 0) is 11.2 Å². The quantitative estimate of drug-likeness (QED) is 0.879. The number of carbonyl (C=O) groups is 1. The number of benzene rings is 1. The van der Waals surface area contributed by atoms with Crippen molar-refractivity contribution in [1.82, 2.24) is 0 Å². The third-order valence-corrected chi connectivity index (χ3v) is 4.09. The van der Waals surface area contributed by atoms with Crippen molar-refractivity contribution >= 4 is 22.9 Å². The zero-order chi connectivity index (χ0) is 13.8. The van der Waals surface area contributed by atoms with Gasteiger partial charge in [0.25, 0.3) is 0 Å². The molecular weight excluding hydrogens is 256 g/mol. The Morgan fingerprint density at radius 1 is 1.26 bits per heavy atom. The van der Waals surface area contributed by atoms with Crippen molar-refractivity contribution in [2.45, 2.75) is 26.3 Å². The second kappa shape index (κ2) is 5.89. The van der Waals surface area contributed by atoms with Crippen LogP contribution in [0.1, 0.15) is 28.3 Å². The van der Waals surface area contributed by atoms with Gasteiger partial charge in [0.1, 0.15) is 0 Å². The molecule has 0 saturated carbocycles. The van der Waals surface area contributed by atoms with Gasteiger partial charge in [-0.25, -0.2) is 0 Å². The maximum atomic E-state index is 10.8. The summed E-state index contributed by atoms with van der Waals surface area (Å²) in [6, 6.07) is 12.4. The van der Waals surface area contributed by atoms with Crippen LogP contribution in [0.15, 0.2) is 36.4 Å². The Kier molecular flexibility index (Phi) is 4.22. The molecule has 0 aliphatic heterocycles. The van der Waals surface area contributed by atoms with Gasteiger partial charge in [0.05, 0.1) is 12.5 Å². The summed E-state index contributed by atoms with van der Waals surface area (Å²) in [5, 5.41) is 3.45. The molecule has 1 atom stereocenters. The number of thiophene rings is 1. The highest BCUT2D eigenvalue weighted by Gasteiger charge is 2.07. The van der Waals surface area contributed by atoms with E-state index in [1.165, 1.54) is 9.75 Å². The standard InChI is InChI=1S/C15H18N2OS/c1-10-3-8-14(19-10)11(2)17-13-6-4-12(5-7-13)9-15(16)18/h3-8,11,17H,9H2,1-2H3,(H2,16,18). The van der Waals surface area contributed by atoms with Crippen molar-refractivity contribution in [1.29, 1.82) is 0 Å². The normalized spacial score (nSPS) is 12.1. The van der Waals surface area contributed by atoms with Crippen molar-refractivity contribution < 1.29 is 4.79 Å². The zero-order valence-electron chi connectivity index (χ0n) is 11.1. The molecule has 1 aromatic carbocycles. The summed E-state index contributed by atoms with van der Waals surface area (Å²) in [6.45, 7) is 4.25. The Morgan fingerprint density at radius 3 is 2.47 bits per heavy atom. The average molecular weight is 274 g/mol. The van der Waals surface area contributed by atoms with Crippen molar-refractivity contribution in [3.05, 3.63) is 51.7 Å². The first-order valence-corrected chi connectivity index (χ1v) is 7.06. The average Bonchev–Trinajstić information content (AvgIpc) is 2.78. The Morgan fingerprint density at radius 2 is 1.95 bits per heavy atom. The van der Waals surface area contributed by atoms with E-state index in [9.17, 15) is 4.79 Å². The molecule has 1 unspecified atom stereocenters. The number of rotatable bonds is 5. The largest absolute Gasteiger partial charge is 0.378 e. The molecule has 0 aliphatic carbocycles. The van der Waals surface area contributed by atoms with Crippen molar-refractivity contribution in [3.63, 3.8) is 0 Å². The smallest absolute Gasteiger partial charge is 0.221 e. The van der Waals surface area contributed by atoms with Crippen LogP contribution in [0, 0.1) is 6.92 Å². The highest BCUT2D eigenvalue weighted by molar-refractivity contribution is 7.12. The number of nitrogens with one attached hydrogen (secondary N) is 1. The van der Waals surface area contributed by atoms with E-state index in [4.69, 9.17) is 5.73 Å². The summed E-state index contributed by atoms with van der Waals surface area (Å²) in [6.07, 6.45) is 0.292. The number of anilines is 1. The first-order valence-electron chi connectivity index (χ1n) is 6.24. The molecule has 2 aromatic rings. The van der Waals surface area contributed by atoms with Gasteiger partial charge in [-0.05, 0) is 43.7 Å². The lowest BCUT2D eigenvalue weighted by molar-refractivity contribution is -0.117. The predicted octanol–water partition coefficient (Wildman–Crippen LogP) is 3.26. The van der Waals surface area contributed by atoms with Gasteiger partial charge in [0, 0.05) is 15.4 Å². The van der Waals surface area contributed by atoms with Gasteiger partial charge in [-0.3, -0.25) is 4.79 Å². The number of primary amides is 1. The van der Waals surface area contributed by atoms with Crippen molar-refractivity contribution in [2.24, 2.45) is 5.73 Å². The number of hydrogen-bond donors (Lipinski definition) is 2. The first kappa shape index (κ1) is 13.6. The molecule has 0 radical (unpaired) electrons. The summed E-state index contributed by atoms with van der Waals surface area (Å²) < 4.78 is 0. The zero-order valence-corrected chi connectivity index (χ0v) is 12.0. The van der Waals surface area contributed by atoms with Gasteiger partial charge in [-0.1, -0.05) is 12.1 Å². The molecule has 0 bridgehead atoms. The van der Waals surface area contributed by atoms with Crippen molar-refractivity contribution in [2.75, 3.05) is 5.32 Å². The molecule has 0 aliphatic rings. The van der Waals surface area contributed by atoms with E-state index in [0.717, 1.165) is 11.3 Å². The summed E-state index contributed by atoms with van der Waals surface area (Å²) in [5.41, 5.74) is 7.16. The molecule has 100 valence electrons. The Hall–Kier alpha value is -1.81. The fraction of sp³-hybridized carbons (Fsp3) is 0.267. The maximum absolute atomic E-state index is 10.8. The summed E-state index contributed by atoms with van der Waals surface area (Å²) in [4.78, 5) is 13.5. The molecule has 3 nitrogen and oxygen atoms in total. The minimum atomic E-state index is -0.303. The molecule has 3 N–H and O–H groups in total. The maximum Gasteiger partial charge on any atom is 0.221 e. The van der Waals surface area contributed by atoms with Gasteiger partial charge in [-0.2, -0.15) is 0 Å². The molecule has 4 heteroatoms. The number of hydrogen-bond acceptors (Lipinski definition) is 3. The van der Waals surface area contributed by atoms with E-state index < -0.39 is 0 Å². The SMILES string of the molecule is Cc1ccc(C(C)Nc2ccc(CC(N)=O)cc2)s1. The number of aryl methyl sites for hydroxylation is 1. The summed E-state index contributed by atoms with van der Waals surface area (Å²) in [5.74, 6) is -0.303. The molecule has 0 spiro atoms. The van der Waals surface area contributed by atoms with E-state index in [-0.39, 0.29) is 11.9 Å². The Labute approximate surface area is 117 Å². The minimum absolute atomic E-state index is 0.278. The van der Waals surface area contributed by atoms with Gasteiger partial charge in [0.15, 0.2) is 0 Å². The highest BCUT2D eigenvalue weighted by Crippen LogP contribution is 2.25. The van der Waals surface area contributed by atoms with E-state index in [2.05, 4.69) is 31.3 Å². The summed E-state index contributed by atoms with van der Waals surface area (Å²) in [7, 11) is 0. The van der Waals surface area contributed by atoms with E-state index in [0.29, 0.717) is 6.42 Å². The number of amides is 1. The fourth-order valence-electron chi connectivity index (χ4n) is 1.93. The lowest BCUT2D eigenvalue weighted by Crippen LogP contribution is -2.13. The second-order valence-corrected chi connectivity index (χ2v) is 5.97. The molecular formula is C15H18N2OS. The third kappa shape index (κ3) is 3.83.